The predicted octanol–water partition coefficient (Wildman–Crippen LogP) is 4.20. The Balaban J connectivity index is 1.30. The molecule has 168 valence electrons. The molecule has 0 aromatic heterocycles. The molecule has 0 atom stereocenters. The largest absolute Gasteiger partial charge is 0.371 e. The quantitative estimate of drug-likeness (QED) is 0.644. The van der Waals surface area contributed by atoms with Crippen molar-refractivity contribution in [3.63, 3.8) is 0 Å². The number of likely N-dealkylation sites (tertiary alicyclic amines) is 1. The fourth-order valence-corrected chi connectivity index (χ4v) is 4.74. The summed E-state index contributed by atoms with van der Waals surface area (Å²) >= 11 is 0. The summed E-state index contributed by atoms with van der Waals surface area (Å²) in [5.74, 6) is 0.196. The average molecular weight is 432 g/mol. The number of hydrogen-bond acceptors (Lipinski definition) is 3. The zero-order valence-electron chi connectivity index (χ0n) is 19.0. The van der Waals surface area contributed by atoms with Crippen molar-refractivity contribution >= 4 is 23.6 Å². The molecule has 0 saturated carbocycles. The van der Waals surface area contributed by atoms with Crippen LogP contribution in [0.3, 0.4) is 0 Å². The number of hydrogen-bond donors (Lipinski definition) is 0. The molecule has 5 heteroatoms. The van der Waals surface area contributed by atoms with Gasteiger partial charge in [0.05, 0.1) is 0 Å². The predicted molar refractivity (Wildman–Crippen MR) is 129 cm³/mol. The lowest BCUT2D eigenvalue weighted by Gasteiger charge is -2.33. The summed E-state index contributed by atoms with van der Waals surface area (Å²) in [6, 6.07) is 18.3. The molecule has 2 aliphatic rings. The van der Waals surface area contributed by atoms with Gasteiger partial charge in [-0.3, -0.25) is 9.59 Å². The molecule has 32 heavy (non-hydrogen) atoms. The van der Waals surface area contributed by atoms with Gasteiger partial charge >= 0.3 is 0 Å². The van der Waals surface area contributed by atoms with E-state index < -0.39 is 0 Å². The minimum Gasteiger partial charge on any atom is -0.371 e. The highest BCUT2D eigenvalue weighted by atomic mass is 16.2. The minimum atomic E-state index is -0.0129. The zero-order chi connectivity index (χ0) is 22.3. The number of benzene rings is 2. The fourth-order valence-electron chi connectivity index (χ4n) is 4.74. The normalized spacial score (nSPS) is 17.2. The van der Waals surface area contributed by atoms with Crippen LogP contribution in [0.15, 0.2) is 60.7 Å². The number of carbonyl (C=O) groups excluding carboxylic acids is 2. The van der Waals surface area contributed by atoms with Crippen LogP contribution in [0.25, 0.3) is 6.08 Å². The summed E-state index contributed by atoms with van der Waals surface area (Å²) < 4.78 is 0. The lowest BCUT2D eigenvalue weighted by Crippen LogP contribution is -2.43. The molecule has 2 fully saturated rings. The average Bonchev–Trinajstić information content (AvgIpc) is 3.38. The molecule has 0 N–H and O–H groups in total. The molecule has 2 aromatic carbocycles. The molecular weight excluding hydrogens is 398 g/mol. The van der Waals surface area contributed by atoms with Crippen molar-refractivity contribution in [2.75, 3.05) is 38.1 Å². The molecule has 2 saturated heterocycles. The first-order chi connectivity index (χ1) is 15.6. The van der Waals surface area contributed by atoms with Gasteiger partial charge in [-0.2, -0.15) is 0 Å². The molecule has 5 nitrogen and oxygen atoms in total. The van der Waals surface area contributed by atoms with Gasteiger partial charge < -0.3 is 14.7 Å². The van der Waals surface area contributed by atoms with Crippen LogP contribution in [0, 0.1) is 5.92 Å². The zero-order valence-corrected chi connectivity index (χ0v) is 19.0. The first-order valence-electron chi connectivity index (χ1n) is 11.7. The van der Waals surface area contributed by atoms with Crippen LogP contribution in [0.5, 0.6) is 0 Å². The molecule has 0 spiro atoms. The van der Waals surface area contributed by atoms with Gasteiger partial charge in [-0.25, -0.2) is 0 Å². The highest BCUT2D eigenvalue weighted by Gasteiger charge is 2.29. The number of amides is 2. The summed E-state index contributed by atoms with van der Waals surface area (Å²) in [6.45, 7) is 4.09. The molecule has 4 rings (SSSR count). The maximum atomic E-state index is 13.1. The van der Waals surface area contributed by atoms with Gasteiger partial charge in [0, 0.05) is 57.5 Å². The van der Waals surface area contributed by atoms with E-state index in [2.05, 4.69) is 29.2 Å². The summed E-state index contributed by atoms with van der Waals surface area (Å²) in [5.41, 5.74) is 3.49. The van der Waals surface area contributed by atoms with Crippen LogP contribution in [0.1, 0.15) is 36.8 Å². The van der Waals surface area contributed by atoms with E-state index in [0.29, 0.717) is 19.6 Å². The maximum Gasteiger partial charge on any atom is 0.246 e. The number of nitrogens with zero attached hydrogens (tertiary/aromatic N) is 3. The SMILES string of the molecule is CN(Cc1ccccc1N1CCCC1)C(=O)C1CCN(C(=O)/C=C/c2ccccc2)CC1. The van der Waals surface area contributed by atoms with Crippen molar-refractivity contribution in [1.82, 2.24) is 9.80 Å². The molecule has 2 amide bonds. The number of carbonyl (C=O) groups is 2. The van der Waals surface area contributed by atoms with E-state index in [4.69, 9.17) is 0 Å². The topological polar surface area (TPSA) is 43.9 Å². The first-order valence-corrected chi connectivity index (χ1v) is 11.7. The minimum absolute atomic E-state index is 0.0129. The number of anilines is 1. The Hall–Kier alpha value is -3.08. The van der Waals surface area contributed by atoms with Gasteiger partial charge in [0.25, 0.3) is 0 Å². The smallest absolute Gasteiger partial charge is 0.246 e. The Kier molecular flexibility index (Phi) is 7.25. The van der Waals surface area contributed by atoms with E-state index in [1.54, 1.807) is 6.08 Å². The summed E-state index contributed by atoms with van der Waals surface area (Å²) in [7, 11) is 1.91. The van der Waals surface area contributed by atoms with Crippen molar-refractivity contribution < 1.29 is 9.59 Å². The molecule has 0 aliphatic carbocycles. The fraction of sp³-hybridized carbons (Fsp3) is 0.407. The highest BCUT2D eigenvalue weighted by molar-refractivity contribution is 5.92. The highest BCUT2D eigenvalue weighted by Crippen LogP contribution is 2.27. The Morgan fingerprint density at radius 2 is 1.59 bits per heavy atom. The van der Waals surface area contributed by atoms with E-state index in [9.17, 15) is 9.59 Å². The first kappa shape index (κ1) is 22.1. The lowest BCUT2D eigenvalue weighted by molar-refractivity contribution is -0.138. The molecule has 2 aliphatic heterocycles. The van der Waals surface area contributed by atoms with Crippen molar-refractivity contribution in [2.45, 2.75) is 32.2 Å². The van der Waals surface area contributed by atoms with Crippen LogP contribution in [-0.2, 0) is 16.1 Å². The van der Waals surface area contributed by atoms with Crippen molar-refractivity contribution in [3.8, 4) is 0 Å². The standard InChI is InChI=1S/C27H33N3O2/c1-28(21-24-11-5-6-12-25(24)29-17-7-8-18-29)27(32)23-15-19-30(20-16-23)26(31)14-13-22-9-3-2-4-10-22/h2-6,9-14,23H,7-8,15-21H2,1H3/b14-13+. The van der Waals surface area contributed by atoms with E-state index in [1.165, 1.54) is 24.1 Å². The molecule has 0 radical (unpaired) electrons. The third-order valence-corrected chi connectivity index (χ3v) is 6.60. The van der Waals surface area contributed by atoms with Crippen molar-refractivity contribution in [3.05, 3.63) is 71.8 Å². The summed E-state index contributed by atoms with van der Waals surface area (Å²) in [4.78, 5) is 31.8. The van der Waals surface area contributed by atoms with Gasteiger partial charge in [-0.05, 0) is 49.0 Å². The van der Waals surface area contributed by atoms with Crippen LogP contribution in [-0.4, -0.2) is 54.8 Å². The van der Waals surface area contributed by atoms with Gasteiger partial charge in [0.1, 0.15) is 0 Å². The van der Waals surface area contributed by atoms with Gasteiger partial charge in [0.15, 0.2) is 0 Å². The van der Waals surface area contributed by atoms with Crippen molar-refractivity contribution in [1.29, 1.82) is 0 Å². The molecule has 0 bridgehead atoms. The summed E-state index contributed by atoms with van der Waals surface area (Å²) in [5, 5.41) is 0. The van der Waals surface area contributed by atoms with Gasteiger partial charge in [-0.15, -0.1) is 0 Å². The number of rotatable bonds is 6. The van der Waals surface area contributed by atoms with Crippen LogP contribution in [0.2, 0.25) is 0 Å². The maximum absolute atomic E-state index is 13.1. The Labute approximate surface area is 191 Å². The van der Waals surface area contributed by atoms with Gasteiger partial charge in [-0.1, -0.05) is 48.5 Å². The second-order valence-electron chi connectivity index (χ2n) is 8.86. The molecule has 2 heterocycles. The molecule has 2 aromatic rings. The monoisotopic (exact) mass is 431 g/mol. The second kappa shape index (κ2) is 10.5. The van der Waals surface area contributed by atoms with E-state index in [0.717, 1.165) is 31.5 Å². The van der Waals surface area contributed by atoms with Crippen LogP contribution >= 0.6 is 0 Å². The molecule has 0 unspecified atom stereocenters. The lowest BCUT2D eigenvalue weighted by atomic mass is 9.95. The second-order valence-corrected chi connectivity index (χ2v) is 8.86. The van der Waals surface area contributed by atoms with Gasteiger partial charge in [0.2, 0.25) is 11.8 Å². The van der Waals surface area contributed by atoms with Crippen molar-refractivity contribution in [2.24, 2.45) is 5.92 Å². The van der Waals surface area contributed by atoms with E-state index in [1.807, 2.05) is 53.3 Å². The Bertz CT molecular complexity index is 942. The Morgan fingerprint density at radius 1 is 0.938 bits per heavy atom. The summed E-state index contributed by atoms with van der Waals surface area (Å²) in [6.07, 6.45) is 7.41. The third kappa shape index (κ3) is 5.39. The molecular formula is C27H33N3O2. The van der Waals surface area contributed by atoms with Crippen LogP contribution < -0.4 is 4.90 Å². The van der Waals surface area contributed by atoms with E-state index >= 15 is 0 Å². The number of para-hydroxylation sites is 1. The third-order valence-electron chi connectivity index (χ3n) is 6.60. The number of piperidine rings is 1. The van der Waals surface area contributed by atoms with Crippen LogP contribution in [0.4, 0.5) is 5.69 Å². The van der Waals surface area contributed by atoms with E-state index in [-0.39, 0.29) is 17.7 Å². The Morgan fingerprint density at radius 3 is 2.31 bits per heavy atom.